The lowest BCUT2D eigenvalue weighted by Crippen LogP contribution is -2.50. The highest BCUT2D eigenvalue weighted by atomic mass is 19.3. The zero-order chi connectivity index (χ0) is 19.5. The first-order valence-electron chi connectivity index (χ1n) is 9.23. The van der Waals surface area contributed by atoms with E-state index in [4.69, 9.17) is 15.2 Å². The fraction of sp³-hybridized carbons (Fsp3) is 0.500. The van der Waals surface area contributed by atoms with Crippen molar-refractivity contribution in [3.05, 3.63) is 24.8 Å². The Hall–Kier alpha value is -2.59. The van der Waals surface area contributed by atoms with E-state index in [2.05, 4.69) is 24.8 Å². The van der Waals surface area contributed by atoms with E-state index in [0.717, 1.165) is 32.5 Å². The number of hydrogen-bond donors (Lipinski definition) is 1. The number of nitrogens with zero attached hydrogens (tertiary/aromatic N) is 5. The van der Waals surface area contributed by atoms with Crippen LogP contribution in [0.3, 0.4) is 0 Å². The summed E-state index contributed by atoms with van der Waals surface area (Å²) >= 11 is 0. The lowest BCUT2D eigenvalue weighted by atomic mass is 10.1. The molecule has 2 aliphatic heterocycles. The van der Waals surface area contributed by atoms with Crippen LogP contribution in [0.4, 0.5) is 20.3 Å². The Kier molecular flexibility index (Phi) is 5.49. The van der Waals surface area contributed by atoms with Gasteiger partial charge in [-0.15, -0.1) is 0 Å². The van der Waals surface area contributed by atoms with Gasteiger partial charge in [0.2, 0.25) is 0 Å². The third kappa shape index (κ3) is 3.69. The van der Waals surface area contributed by atoms with Crippen molar-refractivity contribution < 1.29 is 18.3 Å². The van der Waals surface area contributed by atoms with Crippen LogP contribution in [0.1, 0.15) is 12.8 Å². The topological polar surface area (TPSA) is 89.6 Å². The molecule has 0 aromatic carbocycles. The Morgan fingerprint density at radius 3 is 2.75 bits per heavy atom. The minimum atomic E-state index is -3.02. The summed E-state index contributed by atoms with van der Waals surface area (Å²) in [6.07, 6.45) is 6.63. The van der Waals surface area contributed by atoms with Crippen LogP contribution < -0.4 is 15.4 Å². The quantitative estimate of drug-likeness (QED) is 0.826. The van der Waals surface area contributed by atoms with E-state index in [9.17, 15) is 8.78 Å². The number of halogens is 2. The van der Waals surface area contributed by atoms with Gasteiger partial charge < -0.3 is 20.1 Å². The first-order chi connectivity index (χ1) is 13.6. The Labute approximate surface area is 161 Å². The van der Waals surface area contributed by atoms with E-state index < -0.39 is 6.61 Å². The highest BCUT2D eigenvalue weighted by Gasteiger charge is 2.34. The molecule has 2 aliphatic rings. The van der Waals surface area contributed by atoms with Crippen molar-refractivity contribution in [3.8, 4) is 17.0 Å². The molecule has 28 heavy (non-hydrogen) atoms. The number of nitrogens with two attached hydrogens (primary N) is 1. The molecule has 4 rings (SSSR count). The van der Waals surface area contributed by atoms with Crippen LogP contribution in [0.5, 0.6) is 5.75 Å². The lowest BCUT2D eigenvalue weighted by Gasteiger charge is -2.39. The fourth-order valence-corrected chi connectivity index (χ4v) is 3.90. The van der Waals surface area contributed by atoms with Crippen molar-refractivity contribution in [2.24, 2.45) is 0 Å². The van der Waals surface area contributed by atoms with Crippen LogP contribution in [-0.2, 0) is 4.74 Å². The molecule has 0 amide bonds. The summed E-state index contributed by atoms with van der Waals surface area (Å²) < 4.78 is 36.4. The molecule has 10 heteroatoms. The van der Waals surface area contributed by atoms with Gasteiger partial charge in [-0.3, -0.25) is 4.90 Å². The second-order valence-electron chi connectivity index (χ2n) is 6.67. The molecule has 0 saturated carbocycles. The summed E-state index contributed by atoms with van der Waals surface area (Å²) in [4.78, 5) is 16.8. The summed E-state index contributed by atoms with van der Waals surface area (Å²) in [5.74, 6) is -0.251. The minimum absolute atomic E-state index is 0.0974. The van der Waals surface area contributed by atoms with Crippen molar-refractivity contribution in [3.63, 3.8) is 0 Å². The van der Waals surface area contributed by atoms with Crippen molar-refractivity contribution in [2.45, 2.75) is 25.6 Å². The maximum atomic E-state index is 13.1. The Balaban J connectivity index is 1.79. The summed E-state index contributed by atoms with van der Waals surface area (Å²) in [6, 6.07) is 1.65. The van der Waals surface area contributed by atoms with Crippen molar-refractivity contribution in [1.29, 1.82) is 0 Å². The molecule has 0 radical (unpaired) electrons. The molecule has 1 unspecified atom stereocenters. The van der Waals surface area contributed by atoms with E-state index in [-0.39, 0.29) is 17.7 Å². The van der Waals surface area contributed by atoms with Gasteiger partial charge in [-0.05, 0) is 18.9 Å². The van der Waals surface area contributed by atoms with E-state index in [1.807, 2.05) is 0 Å². The Bertz CT molecular complexity index is 804. The van der Waals surface area contributed by atoms with Gasteiger partial charge in [-0.1, -0.05) is 0 Å². The molecule has 2 saturated heterocycles. The number of alkyl halides is 2. The molecule has 8 nitrogen and oxygen atoms in total. The first kappa shape index (κ1) is 18.8. The van der Waals surface area contributed by atoms with E-state index in [1.165, 1.54) is 6.33 Å². The average Bonchev–Trinajstić information content (AvgIpc) is 3.20. The summed E-state index contributed by atoms with van der Waals surface area (Å²) in [7, 11) is 0. The minimum Gasteiger partial charge on any atom is -0.430 e. The number of pyridine rings is 1. The highest BCUT2D eigenvalue weighted by Crippen LogP contribution is 2.43. The van der Waals surface area contributed by atoms with Gasteiger partial charge in [0.1, 0.15) is 6.33 Å². The first-order valence-corrected chi connectivity index (χ1v) is 9.23. The van der Waals surface area contributed by atoms with Gasteiger partial charge in [0, 0.05) is 25.8 Å². The Morgan fingerprint density at radius 1 is 1.21 bits per heavy atom. The number of nitrogen functional groups attached to an aromatic ring is 1. The zero-order valence-corrected chi connectivity index (χ0v) is 15.3. The molecular formula is C18H22F2N6O2. The maximum absolute atomic E-state index is 13.1. The monoisotopic (exact) mass is 392 g/mol. The SMILES string of the molecule is Nc1ncc(N2CCCC2N2CCOCC2)c(-c2ccncn2)c1OC(F)F. The summed E-state index contributed by atoms with van der Waals surface area (Å²) in [6.45, 7) is 0.777. The van der Waals surface area contributed by atoms with Crippen LogP contribution in [-0.4, -0.2) is 65.5 Å². The standard InChI is InChI=1S/C18H22F2N6O2/c19-18(20)28-16-15(12-3-4-22-11-24-12)13(10-23-17(16)21)26-5-1-2-14(26)25-6-8-27-9-7-25/h3-4,10-11,14,18H,1-2,5-9H2,(H2,21,23). The van der Waals surface area contributed by atoms with Crippen LogP contribution in [0.2, 0.25) is 0 Å². The largest absolute Gasteiger partial charge is 0.430 e. The fourth-order valence-electron chi connectivity index (χ4n) is 3.90. The predicted octanol–water partition coefficient (Wildman–Crippen LogP) is 1.98. The van der Waals surface area contributed by atoms with Crippen LogP contribution in [0.25, 0.3) is 11.3 Å². The van der Waals surface area contributed by atoms with Gasteiger partial charge >= 0.3 is 6.61 Å². The van der Waals surface area contributed by atoms with Crippen LogP contribution >= 0.6 is 0 Å². The maximum Gasteiger partial charge on any atom is 0.387 e. The zero-order valence-electron chi connectivity index (χ0n) is 15.3. The molecule has 2 N–H and O–H groups in total. The summed E-state index contributed by atoms with van der Waals surface area (Å²) in [5, 5.41) is 0. The van der Waals surface area contributed by atoms with E-state index >= 15 is 0 Å². The second-order valence-corrected chi connectivity index (χ2v) is 6.67. The molecule has 2 aromatic heterocycles. The predicted molar refractivity (Wildman–Crippen MR) is 99.1 cm³/mol. The third-order valence-corrected chi connectivity index (χ3v) is 5.08. The van der Waals surface area contributed by atoms with Gasteiger partial charge in [0.15, 0.2) is 11.6 Å². The molecule has 0 aliphatic carbocycles. The van der Waals surface area contributed by atoms with Crippen LogP contribution in [0.15, 0.2) is 24.8 Å². The average molecular weight is 392 g/mol. The van der Waals surface area contributed by atoms with Crippen molar-refractivity contribution in [2.75, 3.05) is 43.5 Å². The van der Waals surface area contributed by atoms with E-state index in [1.54, 1.807) is 18.5 Å². The van der Waals surface area contributed by atoms with Crippen molar-refractivity contribution >= 4 is 11.5 Å². The van der Waals surface area contributed by atoms with Gasteiger partial charge in [0.25, 0.3) is 0 Å². The lowest BCUT2D eigenvalue weighted by molar-refractivity contribution is -0.0491. The molecular weight excluding hydrogens is 370 g/mol. The number of hydrogen-bond acceptors (Lipinski definition) is 8. The van der Waals surface area contributed by atoms with Crippen LogP contribution in [0, 0.1) is 0 Å². The normalized spacial score (nSPS) is 20.7. The molecule has 0 spiro atoms. The molecule has 150 valence electrons. The highest BCUT2D eigenvalue weighted by molar-refractivity contribution is 5.85. The number of rotatable bonds is 5. The van der Waals surface area contributed by atoms with Crippen molar-refractivity contribution in [1.82, 2.24) is 19.9 Å². The molecule has 0 bridgehead atoms. The smallest absolute Gasteiger partial charge is 0.387 e. The third-order valence-electron chi connectivity index (χ3n) is 5.08. The molecule has 4 heterocycles. The van der Waals surface area contributed by atoms with Gasteiger partial charge in [-0.2, -0.15) is 8.78 Å². The van der Waals surface area contributed by atoms with E-state index in [0.29, 0.717) is 30.2 Å². The number of morpholine rings is 1. The van der Waals surface area contributed by atoms with Gasteiger partial charge in [0.05, 0.1) is 42.5 Å². The number of ether oxygens (including phenoxy) is 2. The number of aromatic nitrogens is 3. The Morgan fingerprint density at radius 2 is 2.04 bits per heavy atom. The second kappa shape index (κ2) is 8.19. The number of anilines is 2. The van der Waals surface area contributed by atoms with Gasteiger partial charge in [-0.25, -0.2) is 15.0 Å². The molecule has 1 atom stereocenters. The molecule has 2 fully saturated rings. The molecule has 2 aromatic rings. The summed E-state index contributed by atoms with van der Waals surface area (Å²) in [5.41, 5.74) is 7.44.